The predicted molar refractivity (Wildman–Crippen MR) is 141 cm³/mol. The van der Waals surface area contributed by atoms with Gasteiger partial charge in [-0.1, -0.05) is 12.1 Å². The van der Waals surface area contributed by atoms with E-state index in [-0.39, 0.29) is 12.4 Å². The molecule has 0 radical (unpaired) electrons. The first kappa shape index (κ1) is 27.5. The molecule has 1 saturated carbocycles. The number of hydrogen-bond acceptors (Lipinski definition) is 7. The average Bonchev–Trinajstić information content (AvgIpc) is 3.53. The third-order valence-corrected chi connectivity index (χ3v) is 7.23. The minimum Gasteiger partial charge on any atom is -0.497 e. The maximum absolute atomic E-state index is 14.2. The molecule has 2 amide bonds. The highest BCUT2D eigenvalue weighted by Crippen LogP contribution is 2.55. The number of anilines is 1. The van der Waals surface area contributed by atoms with Gasteiger partial charge in [0.25, 0.3) is 5.92 Å². The van der Waals surface area contributed by atoms with Crippen LogP contribution < -0.4 is 10.1 Å². The van der Waals surface area contributed by atoms with Gasteiger partial charge in [-0.15, -0.1) is 0 Å². The minimum atomic E-state index is -2.96. The molecule has 1 aromatic carbocycles. The third-order valence-electron chi connectivity index (χ3n) is 7.23. The van der Waals surface area contributed by atoms with Crippen molar-refractivity contribution in [3.8, 4) is 5.75 Å². The molecule has 0 bridgehead atoms. The Morgan fingerprint density at radius 2 is 1.77 bits per heavy atom. The Morgan fingerprint density at radius 1 is 1.07 bits per heavy atom. The molecule has 0 unspecified atom stereocenters. The Bertz CT molecular complexity index is 1460. The number of aromatic nitrogens is 3. The third kappa shape index (κ3) is 5.09. The molecule has 2 aromatic heterocycles. The van der Waals surface area contributed by atoms with E-state index in [4.69, 9.17) is 9.47 Å². The van der Waals surface area contributed by atoms with Crippen LogP contribution in [0.4, 0.5) is 19.4 Å². The Hall–Kier alpha value is -4.09. The van der Waals surface area contributed by atoms with Crippen LogP contribution in [0.3, 0.4) is 0 Å². The van der Waals surface area contributed by atoms with E-state index in [0.29, 0.717) is 35.2 Å². The van der Waals surface area contributed by atoms with E-state index < -0.39 is 53.7 Å². The average molecular weight is 556 g/mol. The minimum absolute atomic E-state index is 0.209. The van der Waals surface area contributed by atoms with E-state index in [0.717, 1.165) is 4.68 Å². The van der Waals surface area contributed by atoms with Crippen molar-refractivity contribution in [1.29, 1.82) is 0 Å². The summed E-state index contributed by atoms with van der Waals surface area (Å²) < 4.78 is 40.0. The molecule has 1 saturated heterocycles. The standard InChI is InChI=1S/C28H31F2N5O5/c1-26(2,3)40-25(38)35-20-11-12-22(32-19(20)14-31-35)33-23(36)21-6-5-13-34(21)24(37)27(15-28(29,30)16-27)17-7-9-18(39-4)10-8-17/h7-12,14,21H,5-6,13,15-16H2,1-4H3,(H,32,33,36)/t21-/m1/s1. The van der Waals surface area contributed by atoms with Crippen LogP contribution in [0.5, 0.6) is 5.75 Å². The molecule has 5 rings (SSSR count). The summed E-state index contributed by atoms with van der Waals surface area (Å²) in [4.78, 5) is 45.4. The summed E-state index contributed by atoms with van der Waals surface area (Å²) >= 11 is 0. The van der Waals surface area contributed by atoms with Crippen LogP contribution in [0.15, 0.2) is 42.6 Å². The van der Waals surface area contributed by atoms with Gasteiger partial charge in [0.15, 0.2) is 0 Å². The maximum Gasteiger partial charge on any atom is 0.435 e. The van der Waals surface area contributed by atoms with E-state index in [1.165, 1.54) is 24.3 Å². The largest absolute Gasteiger partial charge is 0.497 e. The van der Waals surface area contributed by atoms with Crippen molar-refractivity contribution in [2.45, 2.75) is 69.4 Å². The van der Waals surface area contributed by atoms with Gasteiger partial charge in [-0.3, -0.25) is 9.59 Å². The number of carbonyl (C=O) groups excluding carboxylic acids is 3. The molecule has 1 aliphatic carbocycles. The van der Waals surface area contributed by atoms with E-state index in [1.54, 1.807) is 51.1 Å². The van der Waals surface area contributed by atoms with Gasteiger partial charge in [0, 0.05) is 19.4 Å². The molecule has 1 N–H and O–H groups in total. The Morgan fingerprint density at radius 3 is 2.40 bits per heavy atom. The number of pyridine rings is 1. The summed E-state index contributed by atoms with van der Waals surface area (Å²) in [7, 11) is 1.50. The second-order valence-electron chi connectivity index (χ2n) is 11.3. The molecule has 3 aromatic rings. The second kappa shape index (κ2) is 9.83. The van der Waals surface area contributed by atoms with Crippen LogP contribution >= 0.6 is 0 Å². The zero-order valence-corrected chi connectivity index (χ0v) is 22.7. The summed E-state index contributed by atoms with van der Waals surface area (Å²) in [5.74, 6) is -3.15. The molecular formula is C28H31F2N5O5. The molecule has 10 nitrogen and oxygen atoms in total. The van der Waals surface area contributed by atoms with Crippen molar-refractivity contribution in [1.82, 2.24) is 19.7 Å². The molecule has 2 fully saturated rings. The van der Waals surface area contributed by atoms with E-state index >= 15 is 0 Å². The molecular weight excluding hydrogens is 524 g/mol. The number of fused-ring (bicyclic) bond motifs is 1. The normalized spacial score (nSPS) is 19.6. The highest BCUT2D eigenvalue weighted by Gasteiger charge is 2.63. The van der Waals surface area contributed by atoms with Crippen LogP contribution in [0, 0.1) is 0 Å². The molecule has 1 aliphatic heterocycles. The Kier molecular flexibility index (Phi) is 6.75. The van der Waals surface area contributed by atoms with Crippen molar-refractivity contribution in [2.75, 3.05) is 19.0 Å². The molecule has 40 heavy (non-hydrogen) atoms. The van der Waals surface area contributed by atoms with Gasteiger partial charge in [-0.05, 0) is 63.4 Å². The topological polar surface area (TPSA) is 116 Å². The number of rotatable bonds is 5. The number of carbonyl (C=O) groups is 3. The van der Waals surface area contributed by atoms with E-state index in [2.05, 4.69) is 15.4 Å². The summed E-state index contributed by atoms with van der Waals surface area (Å²) in [6, 6.07) is 8.82. The SMILES string of the molecule is COc1ccc(C2(C(=O)N3CCC[C@@H]3C(=O)Nc3ccc4c(cnn4C(=O)OC(C)(C)C)n3)CC(F)(F)C2)cc1. The number of amides is 2. The number of alkyl halides is 2. The smallest absolute Gasteiger partial charge is 0.435 e. The fraction of sp³-hybridized carbons (Fsp3) is 0.464. The number of hydrogen-bond donors (Lipinski definition) is 1. The monoisotopic (exact) mass is 555 g/mol. The number of likely N-dealkylation sites (tertiary alicyclic amines) is 1. The lowest BCUT2D eigenvalue weighted by atomic mass is 9.61. The highest BCUT2D eigenvalue weighted by molar-refractivity contribution is 6.00. The van der Waals surface area contributed by atoms with Gasteiger partial charge in [0.05, 0.1) is 24.2 Å². The van der Waals surface area contributed by atoms with Gasteiger partial charge in [0.2, 0.25) is 11.8 Å². The summed E-state index contributed by atoms with van der Waals surface area (Å²) in [6.45, 7) is 5.52. The van der Waals surface area contributed by atoms with Crippen LogP contribution in [0.2, 0.25) is 0 Å². The van der Waals surface area contributed by atoms with Crippen molar-refractivity contribution in [3.05, 3.63) is 48.2 Å². The predicted octanol–water partition coefficient (Wildman–Crippen LogP) is 4.52. The molecule has 0 spiro atoms. The van der Waals surface area contributed by atoms with Crippen LogP contribution in [-0.4, -0.2) is 68.8 Å². The number of ether oxygens (including phenoxy) is 2. The zero-order chi connectivity index (χ0) is 28.9. The van der Waals surface area contributed by atoms with Gasteiger partial charge in [0.1, 0.15) is 28.7 Å². The van der Waals surface area contributed by atoms with Gasteiger partial charge >= 0.3 is 6.09 Å². The summed E-state index contributed by atoms with van der Waals surface area (Å²) in [5.41, 5.74) is -0.880. The lowest BCUT2D eigenvalue weighted by Crippen LogP contribution is -2.60. The lowest BCUT2D eigenvalue weighted by Gasteiger charge is -2.48. The summed E-state index contributed by atoms with van der Waals surface area (Å²) in [6.07, 6.45) is 0.453. The Balaban J connectivity index is 1.34. The first-order chi connectivity index (χ1) is 18.8. The van der Waals surface area contributed by atoms with Crippen molar-refractivity contribution in [3.63, 3.8) is 0 Å². The fourth-order valence-corrected chi connectivity index (χ4v) is 5.42. The first-order valence-electron chi connectivity index (χ1n) is 13.0. The molecule has 12 heteroatoms. The van der Waals surface area contributed by atoms with Crippen molar-refractivity contribution in [2.24, 2.45) is 0 Å². The van der Waals surface area contributed by atoms with Crippen molar-refractivity contribution >= 4 is 34.8 Å². The van der Waals surface area contributed by atoms with Crippen LogP contribution in [-0.2, 0) is 19.7 Å². The lowest BCUT2D eigenvalue weighted by molar-refractivity contribution is -0.169. The number of nitrogens with zero attached hydrogens (tertiary/aromatic N) is 4. The van der Waals surface area contributed by atoms with Gasteiger partial charge in [-0.25, -0.2) is 18.6 Å². The van der Waals surface area contributed by atoms with Crippen LogP contribution in [0.25, 0.3) is 11.0 Å². The Labute approximate surface area is 229 Å². The van der Waals surface area contributed by atoms with Gasteiger partial charge in [-0.2, -0.15) is 9.78 Å². The number of nitrogens with one attached hydrogen (secondary N) is 1. The van der Waals surface area contributed by atoms with E-state index in [1.807, 2.05) is 0 Å². The van der Waals surface area contributed by atoms with E-state index in [9.17, 15) is 23.2 Å². The molecule has 2 aliphatic rings. The number of benzene rings is 1. The second-order valence-corrected chi connectivity index (χ2v) is 11.3. The first-order valence-corrected chi connectivity index (χ1v) is 13.0. The molecule has 3 heterocycles. The van der Waals surface area contributed by atoms with Crippen molar-refractivity contribution < 1.29 is 32.6 Å². The maximum atomic E-state index is 14.2. The van der Waals surface area contributed by atoms with Crippen LogP contribution in [0.1, 0.15) is 52.0 Å². The molecule has 1 atom stereocenters. The molecule has 212 valence electrons. The summed E-state index contributed by atoms with van der Waals surface area (Å²) in [5, 5.41) is 6.79. The zero-order valence-electron chi connectivity index (χ0n) is 22.7. The van der Waals surface area contributed by atoms with Gasteiger partial charge < -0.3 is 19.7 Å². The fourth-order valence-electron chi connectivity index (χ4n) is 5.42. The number of halogens is 2. The quantitative estimate of drug-likeness (QED) is 0.492. The number of methoxy groups -OCH3 is 1. The highest BCUT2D eigenvalue weighted by atomic mass is 19.3.